The molecular formula is C10H23N5. The molecule has 5 N–H and O–H groups in total. The van der Waals surface area contributed by atoms with Gasteiger partial charge in [0.15, 0.2) is 11.9 Å². The predicted octanol–water partition coefficient (Wildman–Crippen LogP) is 0.806. The number of nitrogens with zero attached hydrogens (tertiary/aromatic N) is 2. The van der Waals surface area contributed by atoms with E-state index in [9.17, 15) is 0 Å². The van der Waals surface area contributed by atoms with Crippen molar-refractivity contribution in [3.8, 4) is 0 Å². The van der Waals surface area contributed by atoms with Gasteiger partial charge < -0.3 is 11.5 Å². The molecule has 0 aromatic heterocycles. The maximum atomic E-state index is 5.57. The SMILES string of the molecule is CCCCCCCN=C(N)NC(N)=NC. The molecule has 0 aliphatic rings. The fraction of sp³-hybridized carbons (Fsp3) is 0.800. The van der Waals surface area contributed by atoms with Crippen LogP contribution in [0.4, 0.5) is 0 Å². The summed E-state index contributed by atoms with van der Waals surface area (Å²) < 4.78 is 0. The average molecular weight is 213 g/mol. The summed E-state index contributed by atoms with van der Waals surface area (Å²) in [5.41, 5.74) is 11.0. The van der Waals surface area contributed by atoms with E-state index in [1.54, 1.807) is 7.05 Å². The van der Waals surface area contributed by atoms with Crippen LogP contribution in [0.2, 0.25) is 0 Å². The molecule has 5 nitrogen and oxygen atoms in total. The lowest BCUT2D eigenvalue weighted by molar-refractivity contribution is 0.638. The number of unbranched alkanes of at least 4 members (excludes halogenated alkanes) is 4. The second-order valence-corrected chi connectivity index (χ2v) is 3.42. The maximum Gasteiger partial charge on any atom is 0.195 e. The Balaban J connectivity index is 3.50. The minimum atomic E-state index is 0.294. The van der Waals surface area contributed by atoms with Gasteiger partial charge in [0.25, 0.3) is 0 Å². The van der Waals surface area contributed by atoms with Crippen LogP contribution in [0, 0.1) is 0 Å². The predicted molar refractivity (Wildman–Crippen MR) is 65.9 cm³/mol. The molecule has 0 radical (unpaired) electrons. The van der Waals surface area contributed by atoms with E-state index in [4.69, 9.17) is 11.5 Å². The highest BCUT2D eigenvalue weighted by molar-refractivity contribution is 5.96. The van der Waals surface area contributed by atoms with Crippen molar-refractivity contribution in [2.45, 2.75) is 39.0 Å². The van der Waals surface area contributed by atoms with Gasteiger partial charge in [-0.15, -0.1) is 0 Å². The van der Waals surface area contributed by atoms with Crippen LogP contribution in [0.5, 0.6) is 0 Å². The Hall–Kier alpha value is -1.26. The molecular weight excluding hydrogens is 190 g/mol. The molecule has 0 aromatic carbocycles. The number of aliphatic imine (C=N–C) groups is 2. The van der Waals surface area contributed by atoms with Crippen molar-refractivity contribution in [2.24, 2.45) is 21.5 Å². The summed E-state index contributed by atoms with van der Waals surface area (Å²) in [5.74, 6) is 0.635. The summed E-state index contributed by atoms with van der Waals surface area (Å²) in [6, 6.07) is 0. The summed E-state index contributed by atoms with van der Waals surface area (Å²) >= 11 is 0. The van der Waals surface area contributed by atoms with E-state index in [0.29, 0.717) is 11.9 Å². The normalized spacial score (nSPS) is 12.9. The van der Waals surface area contributed by atoms with Gasteiger partial charge in [-0.3, -0.25) is 15.3 Å². The lowest BCUT2D eigenvalue weighted by Gasteiger charge is -2.03. The first-order valence-electron chi connectivity index (χ1n) is 5.50. The molecule has 0 heterocycles. The third kappa shape index (κ3) is 9.05. The Morgan fingerprint density at radius 3 is 2.33 bits per heavy atom. The van der Waals surface area contributed by atoms with Crippen molar-refractivity contribution in [3.05, 3.63) is 0 Å². The average Bonchev–Trinajstić information content (AvgIpc) is 2.23. The van der Waals surface area contributed by atoms with Crippen molar-refractivity contribution in [1.29, 1.82) is 0 Å². The van der Waals surface area contributed by atoms with E-state index >= 15 is 0 Å². The van der Waals surface area contributed by atoms with Crippen molar-refractivity contribution < 1.29 is 0 Å². The number of guanidine groups is 2. The van der Waals surface area contributed by atoms with Gasteiger partial charge >= 0.3 is 0 Å². The minimum absolute atomic E-state index is 0.294. The first kappa shape index (κ1) is 13.7. The van der Waals surface area contributed by atoms with Crippen LogP contribution in [0.15, 0.2) is 9.98 Å². The maximum absolute atomic E-state index is 5.57. The summed E-state index contributed by atoms with van der Waals surface area (Å²) in [6.45, 7) is 2.95. The molecule has 15 heavy (non-hydrogen) atoms. The van der Waals surface area contributed by atoms with E-state index in [1.807, 2.05) is 0 Å². The highest BCUT2D eigenvalue weighted by Crippen LogP contribution is 2.01. The lowest BCUT2D eigenvalue weighted by Crippen LogP contribution is -2.41. The minimum Gasteiger partial charge on any atom is -0.370 e. The molecule has 88 valence electrons. The van der Waals surface area contributed by atoms with Gasteiger partial charge in [-0.05, 0) is 6.42 Å². The van der Waals surface area contributed by atoms with Crippen LogP contribution in [0.25, 0.3) is 0 Å². The van der Waals surface area contributed by atoms with Crippen LogP contribution in [0.1, 0.15) is 39.0 Å². The molecule has 0 atom stereocenters. The van der Waals surface area contributed by atoms with Crippen molar-refractivity contribution in [3.63, 3.8) is 0 Å². The Labute approximate surface area is 92.0 Å². The third-order valence-corrected chi connectivity index (χ3v) is 2.04. The van der Waals surface area contributed by atoms with Crippen molar-refractivity contribution in [2.75, 3.05) is 13.6 Å². The fourth-order valence-corrected chi connectivity index (χ4v) is 1.14. The first-order chi connectivity index (χ1) is 7.20. The molecule has 0 fully saturated rings. The number of nitrogens with two attached hydrogens (primary N) is 2. The van der Waals surface area contributed by atoms with Gasteiger partial charge in [0.1, 0.15) is 0 Å². The van der Waals surface area contributed by atoms with Gasteiger partial charge in [-0.1, -0.05) is 32.6 Å². The molecule has 0 spiro atoms. The molecule has 0 bridgehead atoms. The third-order valence-electron chi connectivity index (χ3n) is 2.04. The van der Waals surface area contributed by atoms with E-state index in [2.05, 4.69) is 22.2 Å². The van der Waals surface area contributed by atoms with Crippen molar-refractivity contribution >= 4 is 11.9 Å². The number of hydrogen-bond acceptors (Lipinski definition) is 2. The summed E-state index contributed by atoms with van der Waals surface area (Å²) in [6.07, 6.45) is 6.12. The smallest absolute Gasteiger partial charge is 0.195 e. The zero-order valence-corrected chi connectivity index (χ0v) is 9.79. The Kier molecular flexibility index (Phi) is 8.52. The van der Waals surface area contributed by atoms with Crippen molar-refractivity contribution in [1.82, 2.24) is 5.32 Å². The van der Waals surface area contributed by atoms with E-state index in [1.165, 1.54) is 25.7 Å². The monoisotopic (exact) mass is 213 g/mol. The molecule has 0 rings (SSSR count). The van der Waals surface area contributed by atoms with E-state index in [-0.39, 0.29) is 0 Å². The van der Waals surface area contributed by atoms with Gasteiger partial charge in [0, 0.05) is 13.6 Å². The fourth-order valence-electron chi connectivity index (χ4n) is 1.14. The second kappa shape index (κ2) is 9.30. The zero-order chi connectivity index (χ0) is 11.5. The van der Waals surface area contributed by atoms with Crippen LogP contribution >= 0.6 is 0 Å². The molecule has 0 unspecified atom stereocenters. The first-order valence-corrected chi connectivity index (χ1v) is 5.50. The molecule has 0 amide bonds. The Morgan fingerprint density at radius 1 is 1.07 bits per heavy atom. The number of hydrogen-bond donors (Lipinski definition) is 3. The zero-order valence-electron chi connectivity index (χ0n) is 9.79. The van der Waals surface area contributed by atoms with Crippen LogP contribution in [-0.2, 0) is 0 Å². The quantitative estimate of drug-likeness (QED) is 0.346. The van der Waals surface area contributed by atoms with Gasteiger partial charge in [-0.2, -0.15) is 0 Å². The Morgan fingerprint density at radius 2 is 1.73 bits per heavy atom. The Bertz CT molecular complexity index is 210. The molecule has 5 heteroatoms. The van der Waals surface area contributed by atoms with Gasteiger partial charge in [0.05, 0.1) is 0 Å². The standard InChI is InChI=1S/C10H23N5/c1-3-4-5-6-7-8-14-10(12)15-9(11)13-2/h3-8H2,1-2H3,(H5,11,12,13,14,15). The lowest BCUT2D eigenvalue weighted by atomic mass is 10.2. The van der Waals surface area contributed by atoms with Gasteiger partial charge in [0.2, 0.25) is 0 Å². The molecule has 0 aliphatic heterocycles. The van der Waals surface area contributed by atoms with Crippen LogP contribution in [-0.4, -0.2) is 25.5 Å². The number of nitrogens with one attached hydrogen (secondary N) is 1. The number of rotatable bonds is 6. The summed E-state index contributed by atoms with van der Waals surface area (Å²) in [4.78, 5) is 7.85. The largest absolute Gasteiger partial charge is 0.370 e. The van der Waals surface area contributed by atoms with E-state index < -0.39 is 0 Å². The molecule has 0 saturated heterocycles. The summed E-state index contributed by atoms with van der Waals surface area (Å²) in [7, 11) is 1.60. The van der Waals surface area contributed by atoms with Gasteiger partial charge in [-0.25, -0.2) is 0 Å². The summed E-state index contributed by atoms with van der Waals surface area (Å²) in [5, 5.41) is 2.69. The molecule has 0 saturated carbocycles. The molecule has 0 aromatic rings. The van der Waals surface area contributed by atoms with Crippen LogP contribution in [0.3, 0.4) is 0 Å². The highest BCUT2D eigenvalue weighted by Gasteiger charge is 1.93. The molecule has 0 aliphatic carbocycles. The second-order valence-electron chi connectivity index (χ2n) is 3.42. The topological polar surface area (TPSA) is 88.8 Å². The van der Waals surface area contributed by atoms with Crippen LogP contribution < -0.4 is 16.8 Å². The highest BCUT2D eigenvalue weighted by atomic mass is 15.2. The van der Waals surface area contributed by atoms with E-state index in [0.717, 1.165) is 13.0 Å².